The molecular formula is C11H12O2. The van der Waals surface area contributed by atoms with Crippen LogP contribution in [0.4, 0.5) is 0 Å². The van der Waals surface area contributed by atoms with Gasteiger partial charge in [0.1, 0.15) is 0 Å². The van der Waals surface area contributed by atoms with Crippen molar-refractivity contribution in [1.82, 2.24) is 0 Å². The van der Waals surface area contributed by atoms with Crippen LogP contribution in [0, 0.1) is 5.92 Å². The van der Waals surface area contributed by atoms with Crippen molar-refractivity contribution in [3.8, 4) is 0 Å². The first kappa shape index (κ1) is 8.30. The topological polar surface area (TPSA) is 26.3 Å². The standard InChI is InChI=1S/C11H12O2/c1-8-10(7-13-11(8)12)9-5-3-2-4-6-9/h2-6,8,10H,7H2,1H3/t8-,10+/m1/s1. The van der Waals surface area contributed by atoms with Crippen LogP contribution in [-0.2, 0) is 9.53 Å². The highest BCUT2D eigenvalue weighted by molar-refractivity contribution is 5.75. The summed E-state index contributed by atoms with van der Waals surface area (Å²) in [5, 5.41) is 0. The first-order valence-corrected chi connectivity index (χ1v) is 4.50. The third-order valence-electron chi connectivity index (χ3n) is 2.61. The number of carbonyl (C=O) groups is 1. The van der Waals surface area contributed by atoms with Gasteiger partial charge in [-0.15, -0.1) is 0 Å². The normalized spacial score (nSPS) is 27.3. The van der Waals surface area contributed by atoms with Crippen molar-refractivity contribution in [2.75, 3.05) is 6.61 Å². The Labute approximate surface area is 77.5 Å². The highest BCUT2D eigenvalue weighted by Gasteiger charge is 2.33. The summed E-state index contributed by atoms with van der Waals surface area (Å²) < 4.78 is 4.99. The Bertz CT molecular complexity index is 305. The average molecular weight is 176 g/mol. The van der Waals surface area contributed by atoms with E-state index in [1.807, 2.05) is 37.3 Å². The summed E-state index contributed by atoms with van der Waals surface area (Å²) in [4.78, 5) is 11.1. The van der Waals surface area contributed by atoms with E-state index in [4.69, 9.17) is 4.74 Å². The van der Waals surface area contributed by atoms with Crippen molar-refractivity contribution in [2.45, 2.75) is 12.8 Å². The highest BCUT2D eigenvalue weighted by atomic mass is 16.5. The zero-order chi connectivity index (χ0) is 9.26. The minimum absolute atomic E-state index is 0.00222. The van der Waals surface area contributed by atoms with Gasteiger partial charge in [-0.05, 0) is 5.56 Å². The molecule has 1 aromatic rings. The molecule has 1 saturated heterocycles. The molecule has 2 heteroatoms. The minimum atomic E-state index is -0.0751. The summed E-state index contributed by atoms with van der Waals surface area (Å²) in [6.45, 7) is 2.46. The molecule has 1 heterocycles. The predicted octanol–water partition coefficient (Wildman–Crippen LogP) is 1.96. The van der Waals surface area contributed by atoms with E-state index in [1.165, 1.54) is 5.56 Å². The number of cyclic esters (lactones) is 1. The first-order valence-electron chi connectivity index (χ1n) is 4.50. The van der Waals surface area contributed by atoms with Crippen molar-refractivity contribution < 1.29 is 9.53 Å². The SMILES string of the molecule is C[C@H]1C(=O)OC[C@@H]1c1ccccc1. The number of hydrogen-bond donors (Lipinski definition) is 0. The van der Waals surface area contributed by atoms with Gasteiger partial charge >= 0.3 is 5.97 Å². The fraction of sp³-hybridized carbons (Fsp3) is 0.364. The maximum absolute atomic E-state index is 11.1. The van der Waals surface area contributed by atoms with E-state index in [-0.39, 0.29) is 17.8 Å². The lowest BCUT2D eigenvalue weighted by atomic mass is 9.90. The van der Waals surface area contributed by atoms with Gasteiger partial charge in [0.2, 0.25) is 0 Å². The molecule has 1 aromatic carbocycles. The van der Waals surface area contributed by atoms with Crippen molar-refractivity contribution in [3.05, 3.63) is 35.9 Å². The largest absolute Gasteiger partial charge is 0.465 e. The molecule has 13 heavy (non-hydrogen) atoms. The van der Waals surface area contributed by atoms with Crippen LogP contribution in [0.3, 0.4) is 0 Å². The molecular weight excluding hydrogens is 164 g/mol. The van der Waals surface area contributed by atoms with Crippen molar-refractivity contribution >= 4 is 5.97 Å². The van der Waals surface area contributed by atoms with Crippen LogP contribution in [0.15, 0.2) is 30.3 Å². The summed E-state index contributed by atoms with van der Waals surface area (Å²) in [5.41, 5.74) is 1.20. The Hall–Kier alpha value is -1.31. The number of benzene rings is 1. The van der Waals surface area contributed by atoms with E-state index in [1.54, 1.807) is 0 Å². The van der Waals surface area contributed by atoms with Gasteiger partial charge in [-0.1, -0.05) is 37.3 Å². The summed E-state index contributed by atoms with van der Waals surface area (Å²) in [6.07, 6.45) is 0. The van der Waals surface area contributed by atoms with Gasteiger partial charge in [-0.2, -0.15) is 0 Å². The number of hydrogen-bond acceptors (Lipinski definition) is 2. The summed E-state index contributed by atoms with van der Waals surface area (Å²) in [5.74, 6) is 0.171. The van der Waals surface area contributed by atoms with Gasteiger partial charge in [0, 0.05) is 5.92 Å². The molecule has 68 valence electrons. The van der Waals surface area contributed by atoms with Crippen LogP contribution in [0.2, 0.25) is 0 Å². The third-order valence-corrected chi connectivity index (χ3v) is 2.61. The second-order valence-electron chi connectivity index (χ2n) is 3.44. The number of carbonyl (C=O) groups excluding carboxylic acids is 1. The Balaban J connectivity index is 2.24. The Kier molecular flexibility index (Phi) is 2.05. The van der Waals surface area contributed by atoms with E-state index in [0.29, 0.717) is 6.61 Å². The molecule has 1 aliphatic heterocycles. The molecule has 0 saturated carbocycles. The van der Waals surface area contributed by atoms with Gasteiger partial charge in [-0.3, -0.25) is 4.79 Å². The zero-order valence-electron chi connectivity index (χ0n) is 7.57. The van der Waals surface area contributed by atoms with E-state index in [0.717, 1.165) is 0 Å². The molecule has 0 spiro atoms. The second kappa shape index (κ2) is 3.21. The molecule has 0 unspecified atom stereocenters. The fourth-order valence-electron chi connectivity index (χ4n) is 1.70. The lowest BCUT2D eigenvalue weighted by Crippen LogP contribution is -2.09. The Morgan fingerprint density at radius 1 is 1.31 bits per heavy atom. The zero-order valence-corrected chi connectivity index (χ0v) is 7.57. The Morgan fingerprint density at radius 3 is 2.54 bits per heavy atom. The Morgan fingerprint density at radius 2 is 2.00 bits per heavy atom. The molecule has 0 aromatic heterocycles. The molecule has 2 atom stereocenters. The van der Waals surface area contributed by atoms with Crippen LogP contribution in [0.1, 0.15) is 18.4 Å². The van der Waals surface area contributed by atoms with Crippen LogP contribution >= 0.6 is 0 Å². The van der Waals surface area contributed by atoms with E-state index >= 15 is 0 Å². The van der Waals surface area contributed by atoms with Gasteiger partial charge in [-0.25, -0.2) is 0 Å². The second-order valence-corrected chi connectivity index (χ2v) is 3.44. The van der Waals surface area contributed by atoms with Crippen LogP contribution in [0.25, 0.3) is 0 Å². The maximum Gasteiger partial charge on any atom is 0.309 e. The molecule has 0 amide bonds. The predicted molar refractivity (Wildman–Crippen MR) is 49.3 cm³/mol. The van der Waals surface area contributed by atoms with Gasteiger partial charge in [0.05, 0.1) is 12.5 Å². The van der Waals surface area contributed by atoms with Crippen LogP contribution < -0.4 is 0 Å². The molecule has 0 radical (unpaired) electrons. The van der Waals surface area contributed by atoms with Crippen molar-refractivity contribution in [2.24, 2.45) is 5.92 Å². The molecule has 1 fully saturated rings. The van der Waals surface area contributed by atoms with Crippen LogP contribution in [-0.4, -0.2) is 12.6 Å². The quantitative estimate of drug-likeness (QED) is 0.611. The minimum Gasteiger partial charge on any atom is -0.465 e. The van der Waals surface area contributed by atoms with E-state index in [2.05, 4.69) is 0 Å². The monoisotopic (exact) mass is 176 g/mol. The molecule has 2 rings (SSSR count). The number of ether oxygens (including phenoxy) is 1. The van der Waals surface area contributed by atoms with Gasteiger partial charge in [0.25, 0.3) is 0 Å². The summed E-state index contributed by atoms with van der Waals surface area (Å²) in [7, 11) is 0. The maximum atomic E-state index is 11.1. The van der Waals surface area contributed by atoms with E-state index < -0.39 is 0 Å². The number of rotatable bonds is 1. The molecule has 0 aliphatic carbocycles. The van der Waals surface area contributed by atoms with Crippen LogP contribution in [0.5, 0.6) is 0 Å². The van der Waals surface area contributed by atoms with Gasteiger partial charge < -0.3 is 4.74 Å². The smallest absolute Gasteiger partial charge is 0.309 e. The average Bonchev–Trinajstić information content (AvgIpc) is 2.49. The molecule has 0 N–H and O–H groups in total. The van der Waals surface area contributed by atoms with Crippen molar-refractivity contribution in [1.29, 1.82) is 0 Å². The first-order chi connectivity index (χ1) is 6.29. The fourth-order valence-corrected chi connectivity index (χ4v) is 1.70. The van der Waals surface area contributed by atoms with Crippen molar-refractivity contribution in [3.63, 3.8) is 0 Å². The van der Waals surface area contributed by atoms with Gasteiger partial charge in [0.15, 0.2) is 0 Å². The molecule has 0 bridgehead atoms. The summed E-state index contributed by atoms with van der Waals surface area (Å²) in [6, 6.07) is 10.0. The number of esters is 1. The third kappa shape index (κ3) is 1.44. The highest BCUT2D eigenvalue weighted by Crippen LogP contribution is 2.30. The lowest BCUT2D eigenvalue weighted by Gasteiger charge is -2.10. The van der Waals surface area contributed by atoms with E-state index in [9.17, 15) is 4.79 Å². The molecule has 2 nitrogen and oxygen atoms in total. The summed E-state index contributed by atoms with van der Waals surface area (Å²) >= 11 is 0. The molecule has 1 aliphatic rings. The lowest BCUT2D eigenvalue weighted by molar-refractivity contribution is -0.140.